The van der Waals surface area contributed by atoms with E-state index < -0.39 is 6.55 Å². The number of hydrogen-bond donors (Lipinski definition) is 0. The van der Waals surface area contributed by atoms with Crippen LogP contribution in [0.5, 0.6) is 0 Å². The van der Waals surface area contributed by atoms with Gasteiger partial charge in [-0.25, -0.2) is 4.98 Å². The molecule has 2 aromatic heterocycles. The third-order valence-electron chi connectivity index (χ3n) is 4.70. The molecule has 4 rings (SSSR count). The van der Waals surface area contributed by atoms with Crippen LogP contribution < -0.4 is 0 Å². The lowest BCUT2D eigenvalue weighted by Gasteiger charge is -2.34. The Hall–Kier alpha value is -2.74. The first-order valence-electron chi connectivity index (χ1n) is 8.41. The maximum Gasteiger partial charge on any atom is 0.319 e. The summed E-state index contributed by atoms with van der Waals surface area (Å²) in [6.45, 7) is 0.0368. The summed E-state index contributed by atoms with van der Waals surface area (Å²) in [6, 6.07) is 7.43. The summed E-state index contributed by atoms with van der Waals surface area (Å²) in [5.41, 5.74) is 1.25. The van der Waals surface area contributed by atoms with E-state index in [4.69, 9.17) is 4.42 Å². The minimum absolute atomic E-state index is 0.0660. The van der Waals surface area contributed by atoms with Gasteiger partial charge in [0.25, 0.3) is 5.91 Å². The average Bonchev–Trinajstić information content (AvgIpc) is 3.28. The van der Waals surface area contributed by atoms with Crippen molar-refractivity contribution < 1.29 is 18.0 Å². The first-order valence-corrected chi connectivity index (χ1v) is 8.41. The van der Waals surface area contributed by atoms with Crippen LogP contribution in [0.2, 0.25) is 0 Å². The third-order valence-corrected chi connectivity index (χ3v) is 4.70. The van der Waals surface area contributed by atoms with Crippen molar-refractivity contribution in [1.29, 1.82) is 0 Å². The molecule has 0 spiro atoms. The SMILES string of the molecule is O=C(c1coc2ccccc12)N1CCN(Cc2nccn2C(F)F)CC1. The zero-order valence-corrected chi connectivity index (χ0v) is 14.0. The van der Waals surface area contributed by atoms with E-state index in [0.29, 0.717) is 49.7 Å². The summed E-state index contributed by atoms with van der Waals surface area (Å²) in [6.07, 6.45) is 4.16. The number of para-hydroxylation sites is 1. The average molecular weight is 360 g/mol. The third kappa shape index (κ3) is 3.08. The standard InChI is InChI=1S/C18H18F2N4O2/c19-18(20)24-6-5-21-16(24)11-22-7-9-23(10-8-22)17(25)14-12-26-15-4-2-1-3-13(14)15/h1-6,12,18H,7-11H2. The minimum Gasteiger partial charge on any atom is -0.463 e. The van der Waals surface area contributed by atoms with Crippen LogP contribution in [0.15, 0.2) is 47.3 Å². The molecule has 0 atom stereocenters. The Kier molecular flexibility index (Phi) is 4.42. The molecule has 0 radical (unpaired) electrons. The molecule has 136 valence electrons. The molecule has 1 aliphatic rings. The largest absolute Gasteiger partial charge is 0.463 e. The van der Waals surface area contributed by atoms with Gasteiger partial charge in [-0.05, 0) is 6.07 Å². The molecule has 1 fully saturated rings. The summed E-state index contributed by atoms with van der Waals surface area (Å²) in [7, 11) is 0. The lowest BCUT2D eigenvalue weighted by Crippen LogP contribution is -2.48. The number of fused-ring (bicyclic) bond motifs is 1. The number of imidazole rings is 1. The number of aromatic nitrogens is 2. The molecule has 3 heterocycles. The van der Waals surface area contributed by atoms with Crippen LogP contribution in [-0.4, -0.2) is 51.4 Å². The van der Waals surface area contributed by atoms with Crippen LogP contribution in [-0.2, 0) is 6.54 Å². The van der Waals surface area contributed by atoms with E-state index in [1.54, 1.807) is 4.90 Å². The van der Waals surface area contributed by atoms with E-state index in [2.05, 4.69) is 4.98 Å². The van der Waals surface area contributed by atoms with Crippen molar-refractivity contribution in [3.8, 4) is 0 Å². The van der Waals surface area contributed by atoms with Gasteiger partial charge in [-0.2, -0.15) is 8.78 Å². The Balaban J connectivity index is 1.40. The number of benzene rings is 1. The van der Waals surface area contributed by atoms with Crippen LogP contribution in [0, 0.1) is 0 Å². The van der Waals surface area contributed by atoms with Gasteiger partial charge < -0.3 is 9.32 Å². The number of rotatable bonds is 4. The lowest BCUT2D eigenvalue weighted by atomic mass is 10.1. The fourth-order valence-corrected chi connectivity index (χ4v) is 3.27. The predicted octanol–water partition coefficient (Wildman–Crippen LogP) is 2.98. The summed E-state index contributed by atoms with van der Waals surface area (Å²) in [5.74, 6) is 0.268. The number of furan rings is 1. The van der Waals surface area contributed by atoms with E-state index in [-0.39, 0.29) is 5.91 Å². The van der Waals surface area contributed by atoms with Gasteiger partial charge in [-0.15, -0.1) is 0 Å². The molecule has 3 aromatic rings. The van der Waals surface area contributed by atoms with E-state index in [1.807, 2.05) is 29.2 Å². The highest BCUT2D eigenvalue weighted by Gasteiger charge is 2.25. The maximum atomic E-state index is 12.9. The summed E-state index contributed by atoms with van der Waals surface area (Å²) >= 11 is 0. The Morgan fingerprint density at radius 3 is 2.73 bits per heavy atom. The molecule has 0 unspecified atom stereocenters. The minimum atomic E-state index is -2.59. The van der Waals surface area contributed by atoms with Gasteiger partial charge in [-0.1, -0.05) is 18.2 Å². The fraction of sp³-hybridized carbons (Fsp3) is 0.333. The molecule has 1 aromatic carbocycles. The van der Waals surface area contributed by atoms with Gasteiger partial charge in [0.05, 0.1) is 12.1 Å². The lowest BCUT2D eigenvalue weighted by molar-refractivity contribution is 0.0556. The second kappa shape index (κ2) is 6.87. The Morgan fingerprint density at radius 1 is 1.19 bits per heavy atom. The molecule has 6 nitrogen and oxygen atoms in total. The van der Waals surface area contributed by atoms with Gasteiger partial charge in [0.1, 0.15) is 17.7 Å². The monoisotopic (exact) mass is 360 g/mol. The van der Waals surface area contributed by atoms with Crippen molar-refractivity contribution in [2.45, 2.75) is 13.1 Å². The van der Waals surface area contributed by atoms with Crippen molar-refractivity contribution >= 4 is 16.9 Å². The molecule has 1 saturated heterocycles. The highest BCUT2D eigenvalue weighted by molar-refractivity contribution is 6.05. The number of hydrogen-bond acceptors (Lipinski definition) is 4. The molecule has 26 heavy (non-hydrogen) atoms. The van der Waals surface area contributed by atoms with Gasteiger partial charge in [-0.3, -0.25) is 14.3 Å². The smallest absolute Gasteiger partial charge is 0.319 e. The van der Waals surface area contributed by atoms with Crippen LogP contribution >= 0.6 is 0 Å². The second-order valence-corrected chi connectivity index (χ2v) is 6.24. The number of carbonyl (C=O) groups excluding carboxylic acids is 1. The number of amides is 1. The molecule has 0 saturated carbocycles. The Bertz CT molecular complexity index is 913. The number of alkyl halides is 2. The highest BCUT2D eigenvalue weighted by Crippen LogP contribution is 2.23. The quantitative estimate of drug-likeness (QED) is 0.718. The fourth-order valence-electron chi connectivity index (χ4n) is 3.27. The van der Waals surface area contributed by atoms with Gasteiger partial charge in [0.15, 0.2) is 0 Å². The topological polar surface area (TPSA) is 54.5 Å². The van der Waals surface area contributed by atoms with E-state index in [0.717, 1.165) is 9.95 Å². The van der Waals surface area contributed by atoms with Crippen molar-refractivity contribution in [2.24, 2.45) is 0 Å². The predicted molar refractivity (Wildman–Crippen MR) is 90.9 cm³/mol. The van der Waals surface area contributed by atoms with E-state index >= 15 is 0 Å². The van der Waals surface area contributed by atoms with E-state index in [1.165, 1.54) is 18.7 Å². The van der Waals surface area contributed by atoms with Crippen molar-refractivity contribution in [3.63, 3.8) is 0 Å². The summed E-state index contributed by atoms with van der Waals surface area (Å²) in [5, 5.41) is 0.805. The molecule has 0 N–H and O–H groups in total. The number of piperazine rings is 1. The van der Waals surface area contributed by atoms with Crippen LogP contribution in [0.25, 0.3) is 11.0 Å². The van der Waals surface area contributed by atoms with Crippen molar-refractivity contribution in [1.82, 2.24) is 19.4 Å². The molecule has 1 amide bonds. The Labute approximate surface area is 148 Å². The van der Waals surface area contributed by atoms with Crippen LogP contribution in [0.1, 0.15) is 22.7 Å². The molecule has 0 bridgehead atoms. The molecule has 8 heteroatoms. The summed E-state index contributed by atoms with van der Waals surface area (Å²) in [4.78, 5) is 20.6. The maximum absolute atomic E-state index is 12.9. The van der Waals surface area contributed by atoms with Crippen molar-refractivity contribution in [3.05, 3.63) is 54.3 Å². The van der Waals surface area contributed by atoms with Gasteiger partial charge in [0.2, 0.25) is 0 Å². The summed E-state index contributed by atoms with van der Waals surface area (Å²) < 4.78 is 32.1. The van der Waals surface area contributed by atoms with Crippen LogP contribution in [0.3, 0.4) is 0 Å². The second-order valence-electron chi connectivity index (χ2n) is 6.24. The molecular weight excluding hydrogens is 342 g/mol. The normalized spacial score (nSPS) is 15.9. The van der Waals surface area contributed by atoms with Gasteiger partial charge >= 0.3 is 6.55 Å². The van der Waals surface area contributed by atoms with Crippen molar-refractivity contribution in [2.75, 3.05) is 26.2 Å². The first kappa shape index (κ1) is 16.7. The number of nitrogens with zero attached hydrogens (tertiary/aromatic N) is 4. The van der Waals surface area contributed by atoms with E-state index in [9.17, 15) is 13.6 Å². The first-order chi connectivity index (χ1) is 12.6. The molecule has 0 aliphatic carbocycles. The van der Waals surface area contributed by atoms with Gasteiger partial charge in [0, 0.05) is 44.0 Å². The molecule has 1 aliphatic heterocycles. The van der Waals surface area contributed by atoms with Crippen LogP contribution in [0.4, 0.5) is 8.78 Å². The number of carbonyl (C=O) groups is 1. The zero-order valence-electron chi connectivity index (χ0n) is 14.0. The molecular formula is C18H18F2N4O2. The highest BCUT2D eigenvalue weighted by atomic mass is 19.3. The zero-order chi connectivity index (χ0) is 18.1. The Morgan fingerprint density at radius 2 is 1.96 bits per heavy atom. The number of halogens is 2.